The minimum atomic E-state index is -0.629. The Balaban J connectivity index is 2.08. The predicted molar refractivity (Wildman–Crippen MR) is 70.9 cm³/mol. The number of halogens is 1. The molecule has 0 radical (unpaired) electrons. The molecule has 0 bridgehead atoms. The zero-order chi connectivity index (χ0) is 12.3. The van der Waals surface area contributed by atoms with Crippen LogP contribution in [-0.4, -0.2) is 31.7 Å². The number of hydrogen-bond acceptors (Lipinski definition) is 4. The smallest absolute Gasteiger partial charge is 0.137 e. The van der Waals surface area contributed by atoms with Crippen molar-refractivity contribution in [1.29, 1.82) is 0 Å². The van der Waals surface area contributed by atoms with Gasteiger partial charge in [0.25, 0.3) is 0 Å². The lowest BCUT2D eigenvalue weighted by atomic mass is 10.1. The number of aromatic nitrogens is 2. The molecule has 0 amide bonds. The van der Waals surface area contributed by atoms with Crippen molar-refractivity contribution in [2.45, 2.75) is 32.2 Å². The fraction of sp³-hybridized carbons (Fsp3) is 0.636. The number of rotatable bonds is 3. The fourth-order valence-corrected chi connectivity index (χ4v) is 3.53. The summed E-state index contributed by atoms with van der Waals surface area (Å²) in [6.07, 6.45) is 4.14. The van der Waals surface area contributed by atoms with Gasteiger partial charge in [-0.1, -0.05) is 18.5 Å². The van der Waals surface area contributed by atoms with Crippen molar-refractivity contribution in [2.75, 3.05) is 16.8 Å². The van der Waals surface area contributed by atoms with E-state index in [9.17, 15) is 4.21 Å². The number of hydrogen-bond donors (Lipinski definition) is 1. The highest BCUT2D eigenvalue weighted by Gasteiger charge is 2.19. The standard InChI is InChI=1S/C11H16ClN3OS/c1-2-9-10(12)13-7-14-11(9)15-8-3-5-17(16)6-4-8/h7-8H,2-6H2,1H3,(H,13,14,15). The van der Waals surface area contributed by atoms with Gasteiger partial charge in [0.1, 0.15) is 17.3 Å². The summed E-state index contributed by atoms with van der Waals surface area (Å²) in [5.74, 6) is 2.38. The summed E-state index contributed by atoms with van der Waals surface area (Å²) >= 11 is 6.03. The highest BCUT2D eigenvalue weighted by atomic mass is 35.5. The molecule has 0 aromatic carbocycles. The molecule has 1 aliphatic rings. The van der Waals surface area contributed by atoms with Crippen LogP contribution in [0, 0.1) is 0 Å². The Kier molecular flexibility index (Phi) is 4.34. The molecule has 0 spiro atoms. The largest absolute Gasteiger partial charge is 0.367 e. The molecule has 6 heteroatoms. The Bertz CT molecular complexity index is 417. The van der Waals surface area contributed by atoms with Crippen molar-refractivity contribution >= 4 is 28.2 Å². The minimum Gasteiger partial charge on any atom is -0.367 e. The summed E-state index contributed by atoms with van der Waals surface area (Å²) in [6, 6.07) is 0.351. The third-order valence-corrected chi connectivity index (χ3v) is 4.68. The van der Waals surface area contributed by atoms with E-state index in [0.717, 1.165) is 42.1 Å². The van der Waals surface area contributed by atoms with Gasteiger partial charge in [-0.15, -0.1) is 0 Å². The van der Waals surface area contributed by atoms with E-state index in [0.29, 0.717) is 11.2 Å². The normalized spacial score (nSPS) is 24.6. The van der Waals surface area contributed by atoms with Crippen LogP contribution in [0.25, 0.3) is 0 Å². The summed E-state index contributed by atoms with van der Waals surface area (Å²) in [6.45, 7) is 2.03. The fourth-order valence-electron chi connectivity index (χ4n) is 1.96. The number of anilines is 1. The first-order valence-electron chi connectivity index (χ1n) is 5.81. The van der Waals surface area contributed by atoms with Crippen LogP contribution in [0.1, 0.15) is 25.3 Å². The molecular formula is C11H16ClN3OS. The van der Waals surface area contributed by atoms with Crippen LogP contribution in [0.4, 0.5) is 5.82 Å². The molecule has 1 fully saturated rings. The van der Waals surface area contributed by atoms with E-state index in [1.165, 1.54) is 6.33 Å². The Hall–Kier alpha value is -0.680. The molecule has 1 N–H and O–H groups in total. The van der Waals surface area contributed by atoms with E-state index in [4.69, 9.17) is 11.6 Å². The van der Waals surface area contributed by atoms with Crippen LogP contribution in [0.15, 0.2) is 6.33 Å². The van der Waals surface area contributed by atoms with Gasteiger partial charge < -0.3 is 5.32 Å². The zero-order valence-electron chi connectivity index (χ0n) is 9.78. The van der Waals surface area contributed by atoms with Crippen LogP contribution in [0.2, 0.25) is 5.15 Å². The molecule has 2 rings (SSSR count). The quantitative estimate of drug-likeness (QED) is 0.856. The maximum absolute atomic E-state index is 11.3. The Labute approximate surface area is 109 Å². The maximum atomic E-state index is 11.3. The van der Waals surface area contributed by atoms with Gasteiger partial charge >= 0.3 is 0 Å². The molecule has 17 heavy (non-hydrogen) atoms. The third kappa shape index (κ3) is 3.16. The van der Waals surface area contributed by atoms with Crippen molar-refractivity contribution in [3.8, 4) is 0 Å². The van der Waals surface area contributed by atoms with Gasteiger partial charge in [-0.05, 0) is 19.3 Å². The molecule has 0 unspecified atom stereocenters. The molecule has 94 valence electrons. The van der Waals surface area contributed by atoms with Crippen molar-refractivity contribution in [3.63, 3.8) is 0 Å². The molecule has 2 heterocycles. The second-order valence-corrected chi connectivity index (χ2v) is 6.17. The first-order valence-corrected chi connectivity index (χ1v) is 7.68. The minimum absolute atomic E-state index is 0.351. The summed E-state index contributed by atoms with van der Waals surface area (Å²) in [4.78, 5) is 8.22. The molecular weight excluding hydrogens is 258 g/mol. The Morgan fingerprint density at radius 3 is 2.82 bits per heavy atom. The molecule has 1 aliphatic heterocycles. The molecule has 1 saturated heterocycles. The number of nitrogens with one attached hydrogen (secondary N) is 1. The van der Waals surface area contributed by atoms with E-state index in [1.54, 1.807) is 0 Å². The highest BCUT2D eigenvalue weighted by molar-refractivity contribution is 7.85. The SMILES string of the molecule is CCc1c(Cl)ncnc1NC1CCS(=O)CC1. The molecule has 0 atom stereocenters. The van der Waals surface area contributed by atoms with Gasteiger partial charge in [0.2, 0.25) is 0 Å². The van der Waals surface area contributed by atoms with Crippen LogP contribution in [0.3, 0.4) is 0 Å². The molecule has 1 aromatic heterocycles. The maximum Gasteiger partial charge on any atom is 0.137 e. The van der Waals surface area contributed by atoms with Crippen molar-refractivity contribution in [3.05, 3.63) is 17.0 Å². The Morgan fingerprint density at radius 2 is 2.18 bits per heavy atom. The van der Waals surface area contributed by atoms with Crippen molar-refractivity contribution < 1.29 is 4.21 Å². The van der Waals surface area contributed by atoms with Gasteiger partial charge in [-0.2, -0.15) is 0 Å². The lowest BCUT2D eigenvalue weighted by molar-refractivity contribution is 0.621. The van der Waals surface area contributed by atoms with Crippen LogP contribution >= 0.6 is 11.6 Å². The van der Waals surface area contributed by atoms with Crippen molar-refractivity contribution in [1.82, 2.24) is 9.97 Å². The summed E-state index contributed by atoms with van der Waals surface area (Å²) < 4.78 is 11.3. The first-order chi connectivity index (χ1) is 8.20. The molecule has 1 aromatic rings. The average Bonchev–Trinajstić information content (AvgIpc) is 2.32. The molecule has 0 aliphatic carbocycles. The average molecular weight is 274 g/mol. The van der Waals surface area contributed by atoms with E-state index in [1.807, 2.05) is 6.92 Å². The van der Waals surface area contributed by atoms with E-state index in [2.05, 4.69) is 15.3 Å². The lowest BCUT2D eigenvalue weighted by Crippen LogP contribution is -2.30. The van der Waals surface area contributed by atoms with Crippen LogP contribution in [0.5, 0.6) is 0 Å². The van der Waals surface area contributed by atoms with Crippen molar-refractivity contribution in [2.24, 2.45) is 0 Å². The van der Waals surface area contributed by atoms with Gasteiger partial charge in [0, 0.05) is 33.9 Å². The molecule has 0 saturated carbocycles. The predicted octanol–water partition coefficient (Wildman–Crippen LogP) is 2.02. The van der Waals surface area contributed by atoms with E-state index < -0.39 is 10.8 Å². The zero-order valence-corrected chi connectivity index (χ0v) is 11.4. The highest BCUT2D eigenvalue weighted by Crippen LogP contribution is 2.22. The second-order valence-electron chi connectivity index (χ2n) is 4.11. The first kappa shape index (κ1) is 12.8. The van der Waals surface area contributed by atoms with Gasteiger partial charge in [-0.3, -0.25) is 4.21 Å². The van der Waals surface area contributed by atoms with Gasteiger partial charge in [0.05, 0.1) is 0 Å². The number of nitrogens with zero attached hydrogens (tertiary/aromatic N) is 2. The topological polar surface area (TPSA) is 54.9 Å². The third-order valence-electron chi connectivity index (χ3n) is 2.98. The Morgan fingerprint density at radius 1 is 1.47 bits per heavy atom. The summed E-state index contributed by atoms with van der Waals surface area (Å²) in [7, 11) is -0.629. The summed E-state index contributed by atoms with van der Waals surface area (Å²) in [5, 5.41) is 3.91. The second kappa shape index (κ2) is 5.78. The van der Waals surface area contributed by atoms with E-state index >= 15 is 0 Å². The van der Waals surface area contributed by atoms with E-state index in [-0.39, 0.29) is 0 Å². The summed E-state index contributed by atoms with van der Waals surface area (Å²) in [5.41, 5.74) is 0.959. The van der Waals surface area contributed by atoms with Gasteiger partial charge in [0.15, 0.2) is 0 Å². The molecule has 4 nitrogen and oxygen atoms in total. The lowest BCUT2D eigenvalue weighted by Gasteiger charge is -2.24. The van der Waals surface area contributed by atoms with Crippen LogP contribution < -0.4 is 5.32 Å². The monoisotopic (exact) mass is 273 g/mol. The van der Waals surface area contributed by atoms with Gasteiger partial charge in [-0.25, -0.2) is 9.97 Å². The van der Waals surface area contributed by atoms with Crippen LogP contribution in [-0.2, 0) is 17.2 Å².